The molecule has 1 aromatic carbocycles. The first-order valence-corrected chi connectivity index (χ1v) is 12.4. The monoisotopic (exact) mass is 486 g/mol. The second-order valence-corrected chi connectivity index (χ2v) is 10.7. The molecule has 0 radical (unpaired) electrons. The minimum Gasteiger partial charge on any atom is -0.388 e. The number of fused-ring (bicyclic) bond motifs is 1. The van der Waals surface area contributed by atoms with Crippen molar-refractivity contribution < 1.29 is 13.8 Å². The van der Waals surface area contributed by atoms with Gasteiger partial charge in [0.2, 0.25) is 0 Å². The first-order chi connectivity index (χ1) is 14.6. The lowest BCUT2D eigenvalue weighted by molar-refractivity contribution is -0.0596. The van der Waals surface area contributed by atoms with Crippen LogP contribution in [-0.2, 0) is 26.1 Å². The van der Waals surface area contributed by atoms with Crippen LogP contribution >= 0.6 is 34.5 Å². The fourth-order valence-electron chi connectivity index (χ4n) is 4.08. The molecule has 1 saturated carbocycles. The smallest absolute Gasteiger partial charge is 0.162 e. The first-order valence-electron chi connectivity index (χ1n) is 9.66. The van der Waals surface area contributed by atoms with E-state index in [0.29, 0.717) is 31.2 Å². The Hall–Kier alpha value is -1.36. The summed E-state index contributed by atoms with van der Waals surface area (Å²) in [4.78, 5) is 12.3. The minimum absolute atomic E-state index is 0.0376. The van der Waals surface area contributed by atoms with Gasteiger partial charge in [-0.1, -0.05) is 23.2 Å². The number of hydrogen-bond acceptors (Lipinski definition) is 7. The van der Waals surface area contributed by atoms with Gasteiger partial charge in [0.25, 0.3) is 0 Å². The number of nitrogens with one attached hydrogen (secondary N) is 2. The number of thiazole rings is 1. The van der Waals surface area contributed by atoms with Crippen molar-refractivity contribution in [1.82, 2.24) is 9.88 Å². The Bertz CT molecular complexity index is 1020. The van der Waals surface area contributed by atoms with Gasteiger partial charge in [-0.25, -0.2) is 14.7 Å². The average molecular weight is 487 g/mol. The molecule has 2 aromatic rings. The number of benzene rings is 1. The lowest BCUT2D eigenvalue weighted by Crippen LogP contribution is -2.55. The number of nitrogens with zero attached hydrogens (tertiary/aromatic N) is 2. The maximum atomic E-state index is 13.1. The van der Waals surface area contributed by atoms with E-state index in [9.17, 15) is 4.21 Å². The van der Waals surface area contributed by atoms with Gasteiger partial charge in [-0.2, -0.15) is 0 Å². The third-order valence-electron chi connectivity index (χ3n) is 5.78. The zero-order valence-electron chi connectivity index (χ0n) is 16.0. The second kappa shape index (κ2) is 8.29. The molecule has 1 unspecified atom stereocenters. The number of rotatable bonds is 5. The van der Waals surface area contributed by atoms with Gasteiger partial charge in [0.05, 0.1) is 40.7 Å². The van der Waals surface area contributed by atoms with Crippen molar-refractivity contribution >= 4 is 61.9 Å². The molecule has 0 amide bonds. The number of halogens is 2. The first kappa shape index (κ1) is 20.5. The van der Waals surface area contributed by atoms with E-state index in [4.69, 9.17) is 32.8 Å². The molecular weight excluding hydrogens is 467 g/mol. The summed E-state index contributed by atoms with van der Waals surface area (Å²) in [5.74, 6) is 0. The number of morpholine rings is 1. The molecule has 2 N–H and O–H groups in total. The van der Waals surface area contributed by atoms with E-state index in [1.54, 1.807) is 18.3 Å². The molecule has 0 spiro atoms. The van der Waals surface area contributed by atoms with Crippen molar-refractivity contribution in [2.24, 2.45) is 0 Å². The number of hydrogen-bond donors (Lipinski definition) is 2. The molecule has 1 saturated heterocycles. The Labute approximate surface area is 190 Å². The minimum atomic E-state index is -1.49. The van der Waals surface area contributed by atoms with Gasteiger partial charge in [0, 0.05) is 18.7 Å². The largest absolute Gasteiger partial charge is 0.388 e. The third-order valence-corrected chi connectivity index (χ3v) is 8.94. The molecule has 5 rings (SSSR count). The molecule has 1 atom stereocenters. The second-order valence-electron chi connectivity index (χ2n) is 7.37. The SMILES string of the molecule is O=S(Nc1ccc(Cl)c2c1NOC=C2Cl)c1cnc(C2(N3CCOCC3)CCC2)s1. The van der Waals surface area contributed by atoms with Crippen LogP contribution in [0.2, 0.25) is 5.02 Å². The highest BCUT2D eigenvalue weighted by molar-refractivity contribution is 7.88. The zero-order valence-corrected chi connectivity index (χ0v) is 19.1. The predicted octanol–water partition coefficient (Wildman–Crippen LogP) is 4.54. The van der Waals surface area contributed by atoms with Crippen LogP contribution < -0.4 is 10.2 Å². The Morgan fingerprint density at radius 1 is 1.27 bits per heavy atom. The van der Waals surface area contributed by atoms with Gasteiger partial charge in [0.1, 0.15) is 21.2 Å². The Kier molecular flexibility index (Phi) is 5.68. The van der Waals surface area contributed by atoms with Crippen LogP contribution in [0, 0.1) is 0 Å². The van der Waals surface area contributed by atoms with Gasteiger partial charge >= 0.3 is 0 Å². The average Bonchev–Trinajstić information content (AvgIpc) is 3.20. The molecule has 11 heteroatoms. The summed E-state index contributed by atoms with van der Waals surface area (Å²) in [6, 6.07) is 3.46. The third kappa shape index (κ3) is 3.51. The van der Waals surface area contributed by atoms with Crippen LogP contribution in [0.3, 0.4) is 0 Å². The molecule has 2 aliphatic heterocycles. The van der Waals surface area contributed by atoms with Crippen LogP contribution in [0.15, 0.2) is 28.8 Å². The summed E-state index contributed by atoms with van der Waals surface area (Å²) in [7, 11) is -1.49. The number of ether oxygens (including phenoxy) is 1. The predicted molar refractivity (Wildman–Crippen MR) is 120 cm³/mol. The van der Waals surface area contributed by atoms with Crippen LogP contribution in [0.5, 0.6) is 0 Å². The van der Waals surface area contributed by atoms with Gasteiger partial charge in [-0.15, -0.1) is 11.3 Å². The van der Waals surface area contributed by atoms with Crippen molar-refractivity contribution in [3.05, 3.63) is 40.2 Å². The van der Waals surface area contributed by atoms with E-state index in [1.165, 1.54) is 24.0 Å². The van der Waals surface area contributed by atoms with Crippen LogP contribution in [0.25, 0.3) is 5.03 Å². The van der Waals surface area contributed by atoms with Gasteiger partial charge in [-0.05, 0) is 31.4 Å². The van der Waals surface area contributed by atoms with Crippen molar-refractivity contribution in [2.45, 2.75) is 29.0 Å². The van der Waals surface area contributed by atoms with Crippen molar-refractivity contribution in [2.75, 3.05) is 36.5 Å². The number of anilines is 2. The normalized spacial score (nSPS) is 21.5. The quantitative estimate of drug-likeness (QED) is 0.645. The van der Waals surface area contributed by atoms with Crippen LogP contribution in [0.4, 0.5) is 11.4 Å². The summed E-state index contributed by atoms with van der Waals surface area (Å²) >= 11 is 14.0. The molecule has 0 bridgehead atoms. The van der Waals surface area contributed by atoms with Crippen molar-refractivity contribution in [1.29, 1.82) is 0 Å². The lowest BCUT2D eigenvalue weighted by atomic mass is 9.75. The lowest BCUT2D eigenvalue weighted by Gasteiger charge is -2.50. The molecular formula is C19H20Cl2N4O3S2. The molecule has 3 heterocycles. The summed E-state index contributed by atoms with van der Waals surface area (Å²) < 4.78 is 22.3. The molecule has 1 aromatic heterocycles. The van der Waals surface area contributed by atoms with Gasteiger partial charge in [0.15, 0.2) is 11.0 Å². The van der Waals surface area contributed by atoms with E-state index in [2.05, 4.69) is 20.1 Å². The summed E-state index contributed by atoms with van der Waals surface area (Å²) in [6.45, 7) is 3.32. The van der Waals surface area contributed by atoms with E-state index in [0.717, 1.165) is 44.2 Å². The Balaban J connectivity index is 1.38. The number of aromatic nitrogens is 1. The molecule has 2 fully saturated rings. The van der Waals surface area contributed by atoms with E-state index in [-0.39, 0.29) is 5.54 Å². The fourth-order valence-corrected chi connectivity index (χ4v) is 6.84. The zero-order chi connectivity index (χ0) is 20.7. The van der Waals surface area contributed by atoms with Crippen molar-refractivity contribution in [3.8, 4) is 0 Å². The topological polar surface area (TPSA) is 75.7 Å². The van der Waals surface area contributed by atoms with E-state index in [1.807, 2.05) is 0 Å². The molecule has 160 valence electrons. The molecule has 7 nitrogen and oxygen atoms in total. The summed E-state index contributed by atoms with van der Waals surface area (Å²) in [5, 5.41) is 1.89. The molecule has 30 heavy (non-hydrogen) atoms. The Morgan fingerprint density at radius 2 is 2.07 bits per heavy atom. The maximum absolute atomic E-state index is 13.1. The summed E-state index contributed by atoms with van der Waals surface area (Å²) in [6.07, 6.45) is 6.43. The van der Waals surface area contributed by atoms with Gasteiger partial charge < -0.3 is 9.57 Å². The summed E-state index contributed by atoms with van der Waals surface area (Å²) in [5.41, 5.74) is 4.48. The van der Waals surface area contributed by atoms with Crippen molar-refractivity contribution in [3.63, 3.8) is 0 Å². The highest BCUT2D eigenvalue weighted by Crippen LogP contribution is 2.48. The highest BCUT2D eigenvalue weighted by Gasteiger charge is 2.46. The van der Waals surface area contributed by atoms with Crippen LogP contribution in [0.1, 0.15) is 29.8 Å². The van der Waals surface area contributed by atoms with Crippen LogP contribution in [-0.4, -0.2) is 40.4 Å². The Morgan fingerprint density at radius 3 is 2.80 bits per heavy atom. The molecule has 1 aliphatic carbocycles. The fraction of sp³-hybridized carbons (Fsp3) is 0.421. The maximum Gasteiger partial charge on any atom is 0.162 e. The molecule has 3 aliphatic rings. The van der Waals surface area contributed by atoms with E-state index >= 15 is 0 Å². The standard InChI is InChI=1S/C19H20Cl2N4O3S2/c20-12-2-3-14(17-16(12)13(21)11-28-23-17)24-30(26)15-10-22-18(29-15)19(4-1-5-19)25-6-8-27-9-7-25/h2-3,10-11,23-24H,1,4-9H2. The van der Waals surface area contributed by atoms with E-state index < -0.39 is 11.0 Å². The highest BCUT2D eigenvalue weighted by atomic mass is 35.5. The van der Waals surface area contributed by atoms with Gasteiger partial charge in [-0.3, -0.25) is 9.62 Å².